The van der Waals surface area contributed by atoms with Gasteiger partial charge in [0.1, 0.15) is 11.5 Å². The highest BCUT2D eigenvalue weighted by molar-refractivity contribution is 5.73. The molecule has 0 aliphatic heterocycles. The molecule has 0 heterocycles. The van der Waals surface area contributed by atoms with E-state index in [9.17, 15) is 4.79 Å². The van der Waals surface area contributed by atoms with Gasteiger partial charge in [0.05, 0.1) is 14.2 Å². The zero-order valence-electron chi connectivity index (χ0n) is 15.4. The first-order valence-corrected chi connectivity index (χ1v) is 8.74. The summed E-state index contributed by atoms with van der Waals surface area (Å²) < 4.78 is 11.1. The van der Waals surface area contributed by atoms with E-state index >= 15 is 0 Å². The number of anilines is 1. The van der Waals surface area contributed by atoms with Gasteiger partial charge in [-0.3, -0.25) is 4.79 Å². The van der Waals surface area contributed by atoms with Crippen LogP contribution < -0.4 is 20.1 Å². The van der Waals surface area contributed by atoms with Crippen molar-refractivity contribution >= 4 is 11.6 Å². The van der Waals surface area contributed by atoms with Gasteiger partial charge < -0.3 is 20.1 Å². The molecule has 0 unspecified atom stereocenters. The molecule has 0 bridgehead atoms. The average Bonchev–Trinajstić information content (AvgIpc) is 2.55. The molecule has 1 fully saturated rings. The number of methoxy groups -OCH3 is 2. The van der Waals surface area contributed by atoms with E-state index in [-0.39, 0.29) is 5.91 Å². The standard InChI is InChI=1S/C19H30N2O3/c1-12(2)19-17(23-4)10-16(11-18(19)24-5)21-15-8-6-14(7-9-15)20-13(3)22/h10-12,14-15,21H,6-9H2,1-5H3,(H,20,22). The molecule has 2 N–H and O–H groups in total. The second-order valence-electron chi connectivity index (χ2n) is 6.84. The number of carbonyl (C=O) groups is 1. The number of ether oxygens (including phenoxy) is 2. The number of hydrogen-bond donors (Lipinski definition) is 2. The van der Waals surface area contributed by atoms with Gasteiger partial charge in [-0.05, 0) is 31.6 Å². The predicted molar refractivity (Wildman–Crippen MR) is 97.1 cm³/mol. The van der Waals surface area contributed by atoms with E-state index in [4.69, 9.17) is 9.47 Å². The van der Waals surface area contributed by atoms with E-state index in [2.05, 4.69) is 36.6 Å². The monoisotopic (exact) mass is 334 g/mol. The molecule has 0 aromatic heterocycles. The maximum atomic E-state index is 11.2. The Labute approximate surface area is 145 Å². The minimum absolute atomic E-state index is 0.0603. The van der Waals surface area contributed by atoms with Crippen LogP contribution in [-0.4, -0.2) is 32.2 Å². The molecule has 0 saturated heterocycles. The molecule has 1 aromatic rings. The quantitative estimate of drug-likeness (QED) is 0.833. The predicted octanol–water partition coefficient (Wildman–Crippen LogP) is 3.69. The van der Waals surface area contributed by atoms with Crippen molar-refractivity contribution in [3.05, 3.63) is 17.7 Å². The van der Waals surface area contributed by atoms with Crippen LogP contribution in [0.1, 0.15) is 57.9 Å². The van der Waals surface area contributed by atoms with E-state index in [0.29, 0.717) is 18.0 Å². The molecule has 134 valence electrons. The van der Waals surface area contributed by atoms with E-state index < -0.39 is 0 Å². The Balaban J connectivity index is 2.07. The number of benzene rings is 1. The number of rotatable bonds is 6. The Morgan fingerprint density at radius 2 is 1.54 bits per heavy atom. The van der Waals surface area contributed by atoms with Crippen molar-refractivity contribution in [2.24, 2.45) is 0 Å². The Bertz CT molecular complexity index is 539. The summed E-state index contributed by atoms with van der Waals surface area (Å²) in [7, 11) is 3.39. The van der Waals surface area contributed by atoms with E-state index in [0.717, 1.165) is 48.4 Å². The van der Waals surface area contributed by atoms with Crippen LogP contribution in [0.4, 0.5) is 5.69 Å². The molecule has 2 rings (SSSR count). The average molecular weight is 334 g/mol. The maximum absolute atomic E-state index is 11.2. The zero-order valence-corrected chi connectivity index (χ0v) is 15.4. The van der Waals surface area contributed by atoms with Crippen molar-refractivity contribution in [2.45, 2.75) is 64.5 Å². The van der Waals surface area contributed by atoms with Gasteiger partial charge in [0, 0.05) is 42.4 Å². The van der Waals surface area contributed by atoms with Crippen LogP contribution >= 0.6 is 0 Å². The first-order chi connectivity index (χ1) is 11.4. The smallest absolute Gasteiger partial charge is 0.217 e. The highest BCUT2D eigenvalue weighted by Crippen LogP contribution is 2.38. The fraction of sp³-hybridized carbons (Fsp3) is 0.632. The van der Waals surface area contributed by atoms with Crippen molar-refractivity contribution < 1.29 is 14.3 Å². The molecule has 1 amide bonds. The topological polar surface area (TPSA) is 59.6 Å². The number of amides is 1. The molecule has 1 aliphatic rings. The summed E-state index contributed by atoms with van der Waals surface area (Å²) in [6.45, 7) is 5.85. The fourth-order valence-electron chi connectivity index (χ4n) is 3.50. The van der Waals surface area contributed by atoms with Crippen molar-refractivity contribution in [3.63, 3.8) is 0 Å². The van der Waals surface area contributed by atoms with Gasteiger partial charge in [-0.25, -0.2) is 0 Å². The lowest BCUT2D eigenvalue weighted by molar-refractivity contribution is -0.119. The first kappa shape index (κ1) is 18.4. The van der Waals surface area contributed by atoms with Crippen molar-refractivity contribution in [3.8, 4) is 11.5 Å². The largest absolute Gasteiger partial charge is 0.496 e. The molecule has 1 saturated carbocycles. The van der Waals surface area contributed by atoms with Crippen LogP contribution in [0.3, 0.4) is 0 Å². The third-order valence-electron chi connectivity index (χ3n) is 4.63. The summed E-state index contributed by atoms with van der Waals surface area (Å²) in [4.78, 5) is 11.2. The highest BCUT2D eigenvalue weighted by Gasteiger charge is 2.22. The summed E-state index contributed by atoms with van der Waals surface area (Å²) in [5.41, 5.74) is 2.12. The summed E-state index contributed by atoms with van der Waals surface area (Å²) in [5.74, 6) is 2.11. The van der Waals surface area contributed by atoms with Gasteiger partial charge in [0.2, 0.25) is 5.91 Å². The summed E-state index contributed by atoms with van der Waals surface area (Å²) in [5, 5.41) is 6.61. The van der Waals surface area contributed by atoms with Gasteiger partial charge in [0.25, 0.3) is 0 Å². The normalized spacial score (nSPS) is 20.6. The second-order valence-corrected chi connectivity index (χ2v) is 6.84. The molecule has 0 spiro atoms. The molecular formula is C19H30N2O3. The van der Waals surface area contributed by atoms with Gasteiger partial charge >= 0.3 is 0 Å². The lowest BCUT2D eigenvalue weighted by Crippen LogP contribution is -2.39. The SMILES string of the molecule is COc1cc(NC2CCC(NC(C)=O)CC2)cc(OC)c1C(C)C. The van der Waals surface area contributed by atoms with Crippen LogP contribution in [-0.2, 0) is 4.79 Å². The van der Waals surface area contributed by atoms with E-state index in [1.54, 1.807) is 21.1 Å². The van der Waals surface area contributed by atoms with Crippen LogP contribution in [0.2, 0.25) is 0 Å². The minimum atomic E-state index is 0.0603. The fourth-order valence-corrected chi connectivity index (χ4v) is 3.50. The zero-order chi connectivity index (χ0) is 17.7. The molecule has 1 aliphatic carbocycles. The van der Waals surface area contributed by atoms with E-state index in [1.165, 1.54) is 0 Å². The number of nitrogens with one attached hydrogen (secondary N) is 2. The van der Waals surface area contributed by atoms with Crippen molar-refractivity contribution in [2.75, 3.05) is 19.5 Å². The second kappa shape index (κ2) is 8.27. The number of hydrogen-bond acceptors (Lipinski definition) is 4. The van der Waals surface area contributed by atoms with Gasteiger partial charge in [-0.2, -0.15) is 0 Å². The Kier molecular flexibility index (Phi) is 6.35. The van der Waals surface area contributed by atoms with E-state index in [1.807, 2.05) is 0 Å². The van der Waals surface area contributed by atoms with Crippen molar-refractivity contribution in [1.29, 1.82) is 0 Å². The summed E-state index contributed by atoms with van der Waals surface area (Å²) in [6, 6.07) is 4.83. The molecule has 1 aromatic carbocycles. The third kappa shape index (κ3) is 4.56. The summed E-state index contributed by atoms with van der Waals surface area (Å²) in [6.07, 6.45) is 4.11. The summed E-state index contributed by atoms with van der Waals surface area (Å²) >= 11 is 0. The molecule has 24 heavy (non-hydrogen) atoms. The van der Waals surface area contributed by atoms with Crippen molar-refractivity contribution in [1.82, 2.24) is 5.32 Å². The van der Waals surface area contributed by atoms with Crippen LogP contribution in [0.5, 0.6) is 11.5 Å². The molecule has 5 heteroatoms. The highest BCUT2D eigenvalue weighted by atomic mass is 16.5. The van der Waals surface area contributed by atoms with Crippen LogP contribution in [0.15, 0.2) is 12.1 Å². The van der Waals surface area contributed by atoms with Gasteiger partial charge in [-0.1, -0.05) is 13.8 Å². The van der Waals surface area contributed by atoms with Crippen LogP contribution in [0.25, 0.3) is 0 Å². The Morgan fingerprint density at radius 1 is 1.04 bits per heavy atom. The molecular weight excluding hydrogens is 304 g/mol. The Morgan fingerprint density at radius 3 is 1.96 bits per heavy atom. The van der Waals surface area contributed by atoms with Gasteiger partial charge in [0.15, 0.2) is 0 Å². The first-order valence-electron chi connectivity index (χ1n) is 8.74. The molecule has 0 atom stereocenters. The number of carbonyl (C=O) groups excluding carboxylic acids is 1. The lowest BCUT2D eigenvalue weighted by atomic mass is 9.90. The molecule has 0 radical (unpaired) electrons. The van der Waals surface area contributed by atoms with Crippen LogP contribution in [0, 0.1) is 0 Å². The maximum Gasteiger partial charge on any atom is 0.217 e. The molecule has 5 nitrogen and oxygen atoms in total. The minimum Gasteiger partial charge on any atom is -0.496 e. The lowest BCUT2D eigenvalue weighted by Gasteiger charge is -2.30. The Hall–Kier alpha value is -1.91. The van der Waals surface area contributed by atoms with Gasteiger partial charge in [-0.15, -0.1) is 0 Å². The third-order valence-corrected chi connectivity index (χ3v) is 4.63.